The molecule has 0 amide bonds. The number of unbranched alkanes of at least 4 members (excludes halogenated alkanes) is 16. The second-order valence-electron chi connectivity index (χ2n) is 29.7. The van der Waals surface area contributed by atoms with Gasteiger partial charge in [-0.2, -0.15) is 0 Å². The van der Waals surface area contributed by atoms with Crippen LogP contribution in [0.25, 0.3) is 6.08 Å². The smallest absolute Gasteiger partial charge is 0.458 e. The molecular weight excluding hydrogens is 1900 g/mol. The van der Waals surface area contributed by atoms with E-state index < -0.39 is 26.9 Å². The Morgan fingerprint density at radius 2 is 0.685 bits per heavy atom. The van der Waals surface area contributed by atoms with Crippen LogP contribution in [0.15, 0.2) is 190 Å². The monoisotopic (exact) mass is 2110 g/mol. The molecule has 5 aromatic rings. The molecule has 0 spiro atoms. The average molecular weight is 2110 g/mol. The predicted octanol–water partition coefficient (Wildman–Crippen LogP) is 22.3. The summed E-state index contributed by atoms with van der Waals surface area (Å²) in [5.41, 5.74) is 14.8. The van der Waals surface area contributed by atoms with Gasteiger partial charge in [0.15, 0.2) is 17.4 Å². The molecule has 5 rings (SSSR count). The molecular formula is C104H213Co3N9O4Si10. The maximum Gasteiger partial charge on any atom is 2.00 e. The molecule has 13 nitrogen and oxygen atoms in total. The van der Waals surface area contributed by atoms with Crippen molar-refractivity contribution in [1.82, 2.24) is 15.0 Å². The van der Waals surface area contributed by atoms with Gasteiger partial charge in [-0.05, 0) is 203 Å². The molecule has 0 aliphatic heterocycles. The molecule has 0 bridgehead atoms. The fraction of sp³-hybridized carbons (Fsp3) is 0.548. The normalized spacial score (nSPS) is 10.5. The van der Waals surface area contributed by atoms with Crippen molar-refractivity contribution in [2.45, 2.75) is 314 Å². The second-order valence-corrected chi connectivity index (χ2v) is 44.4. The molecule has 3 heterocycles. The molecule has 0 aliphatic carbocycles. The summed E-state index contributed by atoms with van der Waals surface area (Å²) in [6.07, 6.45) is 40.6. The van der Waals surface area contributed by atoms with Crippen molar-refractivity contribution in [2.24, 2.45) is 30.0 Å². The molecule has 3 radical (unpaired) electrons. The van der Waals surface area contributed by atoms with E-state index in [-0.39, 0.29) is 117 Å². The van der Waals surface area contributed by atoms with Crippen LogP contribution in [0.5, 0.6) is 0 Å². The molecule has 0 saturated carbocycles. The van der Waals surface area contributed by atoms with Crippen molar-refractivity contribution < 1.29 is 67.7 Å². The first-order valence-electron chi connectivity index (χ1n) is 45.7. The van der Waals surface area contributed by atoms with Crippen molar-refractivity contribution in [3.8, 4) is 0 Å². The fourth-order valence-electron chi connectivity index (χ4n) is 9.86. The number of aromatic nitrogens is 3. The van der Waals surface area contributed by atoms with Gasteiger partial charge < -0.3 is 62.0 Å². The Kier molecular flexibility index (Phi) is 180. The molecule has 0 fully saturated rings. The van der Waals surface area contributed by atoms with Crippen LogP contribution in [0.4, 0.5) is 0 Å². The minimum Gasteiger partial charge on any atom is -0.458 e. The molecule has 0 N–H and O–H groups in total. The third-order valence-corrected chi connectivity index (χ3v) is 26.6. The van der Waals surface area contributed by atoms with Crippen molar-refractivity contribution in [2.75, 3.05) is 62.1 Å². The minimum atomic E-state index is -1.73. The van der Waals surface area contributed by atoms with Crippen molar-refractivity contribution in [3.05, 3.63) is 250 Å². The number of aliphatic imine (C=N–C) groups is 6. The Morgan fingerprint density at radius 3 is 0.915 bits per heavy atom. The average Bonchev–Trinajstić information content (AvgIpc) is 0.880. The van der Waals surface area contributed by atoms with Crippen LogP contribution < -0.4 is 0 Å². The van der Waals surface area contributed by atoms with Gasteiger partial charge in [0, 0.05) is 113 Å². The van der Waals surface area contributed by atoms with Gasteiger partial charge in [0.2, 0.25) is 0 Å². The summed E-state index contributed by atoms with van der Waals surface area (Å²) in [4.78, 5) is 38.0. The van der Waals surface area contributed by atoms with Gasteiger partial charge in [-0.25, -0.2) is 15.0 Å². The van der Waals surface area contributed by atoms with E-state index in [1.165, 1.54) is 234 Å². The fourth-order valence-corrected chi connectivity index (χ4v) is 19.1. The summed E-state index contributed by atoms with van der Waals surface area (Å²) >= 11 is 0. The molecule has 1 unspecified atom stereocenters. The molecule has 0 saturated heterocycles. The number of allylic oxidation sites excluding steroid dienone is 3. The van der Waals surface area contributed by atoms with Gasteiger partial charge in [0.05, 0.1) is 68.4 Å². The Labute approximate surface area is 871 Å². The zero-order valence-corrected chi connectivity index (χ0v) is 107. The summed E-state index contributed by atoms with van der Waals surface area (Å²) in [5, 5.41) is 0. The Balaban J connectivity index is -0.0000000607. The van der Waals surface area contributed by atoms with Gasteiger partial charge in [-0.1, -0.05) is 291 Å². The Bertz CT molecular complexity index is 2950. The van der Waals surface area contributed by atoms with E-state index in [1.807, 2.05) is 159 Å². The van der Waals surface area contributed by atoms with E-state index in [4.69, 9.17) is 17.4 Å². The standard InChI is InChI=1S/3C11H15N3.C8H12Si.2C8H20Si.C8H18Si.C8H8.C8H16.C6H16O3Si.C5H16OSi2.C4H12Si.C2H4.6CH3.3Co.2H4Si/c3*1-8(12-3)10-6-5-7-11(14-10)9(2)13-4;9-7-6-8-4-2-1-3-5-8;1-3-4-5-6-7-8(2)9;2*1-2-3-4-5-6-7-8-9;1-2-8-6-4-3-5-7-8;1-3-5-7-8-6-4-2;1-4-7-10(8-5-2)9-6-3;1-7(2)6-8(3,4)5;1-2-3-4-5;1-2;;;;;;;;;;;/h3*5-7H,1-4H3;1-5H,6-7H2,9H3;8H,3-7H2,1-2,9H3;2-8H2,1,9H3;6-7H,2-5,8H2,1,9H3;2-7H,1H2;3H,1,4-8H2,2H3;10H,4-6H2,1-3H3;7H,1-5H3;2-4H2,1,5H3;1-2H2;6*1H3;;;;2*1H4/q;;;;;;;;;;;;;6*-1;3*+2;;. The number of rotatable bonds is 40. The largest absolute Gasteiger partial charge is 2.00 e. The zero-order valence-electron chi connectivity index (χ0n) is 90.2. The number of hydrogen-bond donors (Lipinski definition) is 0. The minimum absolute atomic E-state index is 0. The molecule has 765 valence electrons. The van der Waals surface area contributed by atoms with E-state index in [1.54, 1.807) is 42.3 Å². The van der Waals surface area contributed by atoms with Crippen LogP contribution in [0, 0.1) is 44.6 Å². The van der Waals surface area contributed by atoms with Crippen LogP contribution in [-0.2, 0) is 74.2 Å². The summed E-state index contributed by atoms with van der Waals surface area (Å²) < 4.78 is 21.4. The molecule has 2 aromatic carbocycles. The van der Waals surface area contributed by atoms with E-state index >= 15 is 0 Å². The number of hydrogen-bond acceptors (Lipinski definition) is 13. The first-order chi connectivity index (χ1) is 57.1. The maximum absolute atomic E-state index is 5.72. The summed E-state index contributed by atoms with van der Waals surface area (Å²) in [5.74, 6) is 0. The first-order valence-corrected chi connectivity index (χ1v) is 60.1. The second kappa shape index (κ2) is 136. The van der Waals surface area contributed by atoms with Crippen LogP contribution in [0.1, 0.15) is 290 Å². The van der Waals surface area contributed by atoms with Crippen molar-refractivity contribution in [1.29, 1.82) is 0 Å². The van der Waals surface area contributed by atoms with Crippen LogP contribution >= 0.6 is 0 Å². The third-order valence-electron chi connectivity index (χ3n) is 17.1. The summed E-state index contributed by atoms with van der Waals surface area (Å²) in [6.45, 7) is 57.6. The van der Waals surface area contributed by atoms with E-state index in [2.05, 4.69) is 188 Å². The predicted molar refractivity (Wildman–Crippen MR) is 634 cm³/mol. The quantitative estimate of drug-likeness (QED) is 0.0125. The molecule has 26 heteroatoms. The SMILES string of the molecule is C=C.C=CCCCCCC.C=Cc1ccccc1.CCCCCC=CC[SiH3].CCCCCCC(C)[SiH3].CCCCCCCC[SiH3].CCCC[SiH3].CCO[SiH](OCC)OCC.CN=C(C)c1cccc(C(C)=NC)n1.CN=C(C)c1cccc(C(C)=NC)n1.CN=C(C)c1cccc(C(C)=NC)n1.C[SiH](C)O[Si](C)(C)C.[CH3-].[CH3-].[CH3-].[CH3-].[CH3-].[CH3-].[Co+2].[Co+2].[Co+2].[SiH3]CCc1ccccc1.[SiH4].[SiH4]. The van der Waals surface area contributed by atoms with Gasteiger partial charge in [-0.15, -0.1) is 19.7 Å². The Morgan fingerprint density at radius 1 is 0.400 bits per heavy atom. The van der Waals surface area contributed by atoms with E-state index in [0.29, 0.717) is 19.8 Å². The van der Waals surface area contributed by atoms with Crippen molar-refractivity contribution in [3.63, 3.8) is 0 Å². The van der Waals surface area contributed by atoms with Gasteiger partial charge >= 0.3 is 59.9 Å². The Hall–Kier alpha value is -3.60. The molecule has 3 aromatic heterocycles. The first kappa shape index (κ1) is 172. The summed E-state index contributed by atoms with van der Waals surface area (Å²) in [6, 6.07) is 44.0. The topological polar surface area (TPSA) is 150 Å². The number of benzene rings is 2. The molecule has 1 atom stereocenters. The number of pyridine rings is 3. The van der Waals surface area contributed by atoms with E-state index in [0.717, 1.165) is 74.0 Å². The number of aryl methyl sites for hydroxylation is 1. The van der Waals surface area contributed by atoms with E-state index in [9.17, 15) is 0 Å². The molecule has 130 heavy (non-hydrogen) atoms. The summed E-state index contributed by atoms with van der Waals surface area (Å²) in [7, 11) is 13.8. The number of nitrogens with zero attached hydrogens (tertiary/aromatic N) is 9. The molecule has 0 aliphatic rings. The maximum atomic E-state index is 5.72. The van der Waals surface area contributed by atoms with Gasteiger partial charge in [0.25, 0.3) is 0 Å². The van der Waals surface area contributed by atoms with Crippen molar-refractivity contribution >= 4 is 140 Å². The van der Waals surface area contributed by atoms with Crippen LogP contribution in [0.2, 0.25) is 62.5 Å². The van der Waals surface area contributed by atoms with Gasteiger partial charge in [-0.3, -0.25) is 30.0 Å². The third kappa shape index (κ3) is 126. The van der Waals surface area contributed by atoms with Crippen LogP contribution in [-0.4, -0.2) is 211 Å². The van der Waals surface area contributed by atoms with Gasteiger partial charge in [0.1, 0.15) is 0 Å². The zero-order chi connectivity index (χ0) is 92.0. The van der Waals surface area contributed by atoms with Crippen LogP contribution in [0.3, 0.4) is 0 Å².